The number of likely N-dealkylation sites (tertiary alicyclic amines) is 1. The number of rotatable bonds is 3. The van der Waals surface area contributed by atoms with Crippen LogP contribution in [0.2, 0.25) is 0 Å². The van der Waals surface area contributed by atoms with E-state index in [0.717, 1.165) is 19.4 Å². The molecule has 2 rings (SSSR count). The molecule has 0 unspecified atom stereocenters. The average Bonchev–Trinajstić information content (AvgIpc) is 2.72. The maximum Gasteiger partial charge on any atom is 0.274 e. The maximum absolute atomic E-state index is 12.1. The second-order valence-electron chi connectivity index (χ2n) is 4.53. The molecule has 17 heavy (non-hydrogen) atoms. The molecule has 1 aromatic rings. The molecule has 2 heterocycles. The van der Waals surface area contributed by atoms with E-state index in [9.17, 15) is 4.79 Å². The van der Waals surface area contributed by atoms with Crippen LogP contribution < -0.4 is 5.73 Å². The highest BCUT2D eigenvalue weighted by molar-refractivity contribution is 5.92. The topological polar surface area (TPSA) is 72.1 Å². The van der Waals surface area contributed by atoms with Crippen LogP contribution in [0.4, 0.5) is 0 Å². The third-order valence-electron chi connectivity index (χ3n) is 3.23. The molecule has 1 aliphatic rings. The monoisotopic (exact) mass is 234 g/mol. The van der Waals surface area contributed by atoms with Crippen LogP contribution in [0.25, 0.3) is 0 Å². The van der Waals surface area contributed by atoms with Crippen LogP contribution in [0.1, 0.15) is 30.3 Å². The number of aromatic nitrogens is 2. The van der Waals surface area contributed by atoms with E-state index in [4.69, 9.17) is 5.73 Å². The average molecular weight is 234 g/mol. The molecule has 5 heteroatoms. The first-order valence-corrected chi connectivity index (χ1v) is 6.05. The Labute approximate surface area is 101 Å². The van der Waals surface area contributed by atoms with Crippen molar-refractivity contribution in [1.82, 2.24) is 15.1 Å². The van der Waals surface area contributed by atoms with Crippen molar-refractivity contribution in [2.45, 2.75) is 25.8 Å². The maximum atomic E-state index is 12.1. The first kappa shape index (κ1) is 12.0. The normalized spacial score (nSPS) is 24.0. The third kappa shape index (κ3) is 2.61. The van der Waals surface area contributed by atoms with Gasteiger partial charge in [0.25, 0.3) is 5.91 Å². The molecule has 0 radical (unpaired) electrons. The summed E-state index contributed by atoms with van der Waals surface area (Å²) in [5, 5.41) is 7.56. The Morgan fingerprint density at radius 2 is 2.41 bits per heavy atom. The van der Waals surface area contributed by atoms with Gasteiger partial charge in [0, 0.05) is 25.3 Å². The summed E-state index contributed by atoms with van der Waals surface area (Å²) in [6.07, 6.45) is 3.74. The van der Waals surface area contributed by atoms with Gasteiger partial charge in [0.05, 0.1) is 0 Å². The second-order valence-corrected chi connectivity index (χ2v) is 4.53. The molecule has 2 atom stereocenters. The first-order chi connectivity index (χ1) is 8.22. The number of nitrogens with two attached hydrogens (primary N) is 1. The summed E-state index contributed by atoms with van der Waals surface area (Å²) in [5.74, 6) is 0.354. The van der Waals surface area contributed by atoms with Crippen LogP contribution in [0.5, 0.6) is 0 Å². The minimum Gasteiger partial charge on any atom is -0.335 e. The van der Waals surface area contributed by atoms with Gasteiger partial charge in [-0.1, -0.05) is 13.3 Å². The van der Waals surface area contributed by atoms with Gasteiger partial charge in [-0.3, -0.25) is 4.79 Å². The minimum atomic E-state index is -0.0628. The standard InChI is InChI=1S/C12H18N4O/c1-2-4-9-7-16(8-10(9)13)12(17)11-5-3-6-14-15-11/h3,5-6,9-10H,2,4,7-8,13H2,1H3/t9-,10-/m1/s1. The van der Waals surface area contributed by atoms with Crippen molar-refractivity contribution >= 4 is 5.91 Å². The highest BCUT2D eigenvalue weighted by Crippen LogP contribution is 2.21. The highest BCUT2D eigenvalue weighted by atomic mass is 16.2. The molecule has 5 nitrogen and oxygen atoms in total. The van der Waals surface area contributed by atoms with Gasteiger partial charge in [0.15, 0.2) is 5.69 Å². The van der Waals surface area contributed by atoms with Gasteiger partial charge in [0.1, 0.15) is 0 Å². The molecule has 0 aromatic carbocycles. The number of carbonyl (C=O) groups is 1. The molecular weight excluding hydrogens is 216 g/mol. The molecule has 1 saturated heterocycles. The van der Waals surface area contributed by atoms with Gasteiger partial charge in [-0.2, -0.15) is 5.10 Å². The van der Waals surface area contributed by atoms with E-state index in [1.165, 1.54) is 0 Å². The Balaban J connectivity index is 2.03. The van der Waals surface area contributed by atoms with Crippen molar-refractivity contribution in [3.05, 3.63) is 24.0 Å². The predicted octanol–water partition coefficient (Wildman–Crippen LogP) is 0.676. The molecule has 0 bridgehead atoms. The van der Waals surface area contributed by atoms with Gasteiger partial charge in [-0.25, -0.2) is 0 Å². The van der Waals surface area contributed by atoms with Crippen molar-refractivity contribution in [2.75, 3.05) is 13.1 Å². The zero-order chi connectivity index (χ0) is 12.3. The smallest absolute Gasteiger partial charge is 0.274 e. The van der Waals surface area contributed by atoms with Crippen molar-refractivity contribution in [1.29, 1.82) is 0 Å². The van der Waals surface area contributed by atoms with Gasteiger partial charge in [0.2, 0.25) is 0 Å². The van der Waals surface area contributed by atoms with E-state index in [0.29, 0.717) is 18.2 Å². The lowest BCUT2D eigenvalue weighted by atomic mass is 9.99. The van der Waals surface area contributed by atoms with Crippen LogP contribution in [0.3, 0.4) is 0 Å². The number of amides is 1. The lowest BCUT2D eigenvalue weighted by Crippen LogP contribution is -2.32. The summed E-state index contributed by atoms with van der Waals surface area (Å²) in [6, 6.07) is 3.50. The van der Waals surface area contributed by atoms with E-state index < -0.39 is 0 Å². The molecular formula is C12H18N4O. The Morgan fingerprint density at radius 3 is 3.06 bits per heavy atom. The number of carbonyl (C=O) groups excluding carboxylic acids is 1. The lowest BCUT2D eigenvalue weighted by molar-refractivity contribution is 0.0778. The molecule has 0 saturated carbocycles. The first-order valence-electron chi connectivity index (χ1n) is 6.05. The van der Waals surface area contributed by atoms with Gasteiger partial charge in [-0.05, 0) is 24.5 Å². The summed E-state index contributed by atoms with van der Waals surface area (Å²) in [6.45, 7) is 3.50. The number of hydrogen-bond acceptors (Lipinski definition) is 4. The zero-order valence-corrected chi connectivity index (χ0v) is 10.0. The fourth-order valence-corrected chi connectivity index (χ4v) is 2.32. The van der Waals surface area contributed by atoms with Crippen molar-refractivity contribution in [3.63, 3.8) is 0 Å². The molecule has 0 aliphatic carbocycles. The Hall–Kier alpha value is -1.49. The summed E-state index contributed by atoms with van der Waals surface area (Å²) >= 11 is 0. The highest BCUT2D eigenvalue weighted by Gasteiger charge is 2.32. The molecule has 1 fully saturated rings. The zero-order valence-electron chi connectivity index (χ0n) is 10.0. The molecule has 92 valence electrons. The fourth-order valence-electron chi connectivity index (χ4n) is 2.32. The molecule has 1 aromatic heterocycles. The number of hydrogen-bond donors (Lipinski definition) is 1. The Bertz CT molecular complexity index is 381. The summed E-state index contributed by atoms with van der Waals surface area (Å²) in [7, 11) is 0. The molecule has 0 spiro atoms. The predicted molar refractivity (Wildman–Crippen MR) is 64.3 cm³/mol. The van der Waals surface area contributed by atoms with Crippen molar-refractivity contribution in [2.24, 2.45) is 11.7 Å². The van der Waals surface area contributed by atoms with E-state index in [-0.39, 0.29) is 11.9 Å². The second kappa shape index (κ2) is 5.23. The summed E-state index contributed by atoms with van der Waals surface area (Å²) in [4.78, 5) is 13.9. The Morgan fingerprint density at radius 1 is 1.59 bits per heavy atom. The van der Waals surface area contributed by atoms with Crippen LogP contribution in [0, 0.1) is 5.92 Å². The number of nitrogens with zero attached hydrogens (tertiary/aromatic N) is 3. The molecule has 1 aliphatic heterocycles. The van der Waals surface area contributed by atoms with Gasteiger partial charge < -0.3 is 10.6 Å². The van der Waals surface area contributed by atoms with Crippen molar-refractivity contribution in [3.8, 4) is 0 Å². The Kier molecular flexibility index (Phi) is 3.68. The van der Waals surface area contributed by atoms with Crippen LogP contribution in [-0.4, -0.2) is 40.1 Å². The summed E-state index contributed by atoms with van der Waals surface area (Å²) < 4.78 is 0. The van der Waals surface area contributed by atoms with E-state index in [1.54, 1.807) is 23.2 Å². The SMILES string of the molecule is CCC[C@@H]1CN(C(=O)c2cccnn2)C[C@H]1N. The van der Waals surface area contributed by atoms with Crippen LogP contribution >= 0.6 is 0 Å². The lowest BCUT2D eigenvalue weighted by Gasteiger charge is -2.15. The third-order valence-corrected chi connectivity index (χ3v) is 3.23. The van der Waals surface area contributed by atoms with Crippen LogP contribution in [-0.2, 0) is 0 Å². The molecule has 1 amide bonds. The van der Waals surface area contributed by atoms with Gasteiger partial charge >= 0.3 is 0 Å². The largest absolute Gasteiger partial charge is 0.335 e. The molecule has 2 N–H and O–H groups in total. The van der Waals surface area contributed by atoms with Gasteiger partial charge in [-0.15, -0.1) is 5.10 Å². The van der Waals surface area contributed by atoms with E-state index >= 15 is 0 Å². The minimum absolute atomic E-state index is 0.0628. The van der Waals surface area contributed by atoms with E-state index in [1.807, 2.05) is 0 Å². The van der Waals surface area contributed by atoms with E-state index in [2.05, 4.69) is 17.1 Å². The fraction of sp³-hybridized carbons (Fsp3) is 0.583. The van der Waals surface area contributed by atoms with Crippen molar-refractivity contribution < 1.29 is 4.79 Å². The quantitative estimate of drug-likeness (QED) is 0.834. The van der Waals surface area contributed by atoms with Crippen LogP contribution in [0.15, 0.2) is 18.3 Å². The summed E-state index contributed by atoms with van der Waals surface area (Å²) in [5.41, 5.74) is 6.44.